The van der Waals surface area contributed by atoms with E-state index in [1.165, 1.54) is 31.0 Å². The average molecular weight is 585 g/mol. The molecule has 3 atom stereocenters. The number of halogens is 1. The van der Waals surface area contributed by atoms with Crippen molar-refractivity contribution in [3.05, 3.63) is 35.8 Å². The Hall–Kier alpha value is -3.43. The molecule has 1 aliphatic heterocycles. The summed E-state index contributed by atoms with van der Waals surface area (Å²) in [5, 5.41) is 3.59. The van der Waals surface area contributed by atoms with E-state index in [0.717, 1.165) is 50.5 Å². The van der Waals surface area contributed by atoms with Gasteiger partial charge in [0, 0.05) is 48.8 Å². The van der Waals surface area contributed by atoms with Gasteiger partial charge in [-0.05, 0) is 84.4 Å². The molecule has 3 amide bonds. The number of hydrogen-bond donors (Lipinski definition) is 1. The van der Waals surface area contributed by atoms with Gasteiger partial charge in [-0.1, -0.05) is 19.3 Å². The molecule has 1 aliphatic carbocycles. The van der Waals surface area contributed by atoms with E-state index in [1.807, 2.05) is 9.47 Å². The average Bonchev–Trinajstić information content (AvgIpc) is 3.54. The van der Waals surface area contributed by atoms with Crippen LogP contribution in [0.25, 0.3) is 10.9 Å². The minimum absolute atomic E-state index is 0.00943. The first-order chi connectivity index (χ1) is 19.8. The van der Waals surface area contributed by atoms with Crippen molar-refractivity contribution in [3.63, 3.8) is 0 Å². The molecule has 0 radical (unpaired) electrons. The molecule has 1 saturated heterocycles. The molecule has 2 fully saturated rings. The van der Waals surface area contributed by atoms with Gasteiger partial charge in [0.1, 0.15) is 23.5 Å². The van der Waals surface area contributed by atoms with Crippen LogP contribution in [0.4, 0.5) is 9.18 Å². The van der Waals surface area contributed by atoms with Crippen LogP contribution in [0.2, 0.25) is 0 Å². The molecule has 0 spiro atoms. The summed E-state index contributed by atoms with van der Waals surface area (Å²) in [6.45, 7) is 9.44. The van der Waals surface area contributed by atoms with Gasteiger partial charge < -0.3 is 19.5 Å². The number of hydrogen-bond acceptors (Lipinski definition) is 5. The first kappa shape index (κ1) is 31.5. The number of rotatable bonds is 8. The number of carbonyl (C=O) groups is 4. The number of benzene rings is 1. The van der Waals surface area contributed by atoms with Crippen molar-refractivity contribution in [3.8, 4) is 0 Å². The highest BCUT2D eigenvalue weighted by Gasteiger charge is 2.40. The Bertz CT molecular complexity index is 1330. The number of likely N-dealkylation sites (tertiary alicyclic amines) is 1. The van der Waals surface area contributed by atoms with Gasteiger partial charge >= 0.3 is 6.09 Å². The first-order valence-electron chi connectivity index (χ1n) is 15.1. The van der Waals surface area contributed by atoms with E-state index < -0.39 is 35.5 Å². The molecule has 4 rings (SSSR count). The smallest absolute Gasteiger partial charge is 0.410 e. The molecule has 230 valence electrons. The molecule has 1 unspecified atom stereocenters. The lowest BCUT2D eigenvalue weighted by atomic mass is 9.83. The summed E-state index contributed by atoms with van der Waals surface area (Å²) >= 11 is 0. The normalized spacial score (nSPS) is 19.4. The Kier molecular flexibility index (Phi) is 9.63. The van der Waals surface area contributed by atoms with Gasteiger partial charge in [-0.25, -0.2) is 9.18 Å². The fourth-order valence-corrected chi connectivity index (χ4v) is 6.21. The maximum atomic E-state index is 14.2. The summed E-state index contributed by atoms with van der Waals surface area (Å²) in [4.78, 5) is 55.7. The molecule has 42 heavy (non-hydrogen) atoms. The van der Waals surface area contributed by atoms with E-state index in [0.29, 0.717) is 24.0 Å². The lowest BCUT2D eigenvalue weighted by molar-refractivity contribution is -0.140. The molecule has 1 aromatic carbocycles. The number of ketones is 1. The zero-order valence-electron chi connectivity index (χ0n) is 25.7. The SMILES string of the molecule is CC(=O)c1cn(CC2CCCN2C(=O)[C@@H](NC(=O)[C@H](C)N(C)C(=O)OC(C)(C)C)C2CCCCC2)c2ccc(F)cc12. The van der Waals surface area contributed by atoms with Crippen molar-refractivity contribution in [1.29, 1.82) is 0 Å². The predicted molar refractivity (Wildman–Crippen MR) is 159 cm³/mol. The third-order valence-electron chi connectivity index (χ3n) is 8.62. The highest BCUT2D eigenvalue weighted by molar-refractivity contribution is 6.07. The van der Waals surface area contributed by atoms with Crippen LogP contribution in [0.5, 0.6) is 0 Å². The van der Waals surface area contributed by atoms with E-state index in [4.69, 9.17) is 4.74 Å². The Labute approximate surface area is 247 Å². The summed E-state index contributed by atoms with van der Waals surface area (Å²) in [7, 11) is 1.52. The standard InChI is InChI=1S/C32H45FN4O5/c1-20(35(6)31(41)42-32(3,4)5)29(39)34-28(22-11-8-7-9-12-22)30(40)37-16-10-13-24(37)18-36-19-26(21(2)38)25-17-23(33)14-15-27(25)36/h14-15,17,19-20,22,24,28H,7-13,16,18H2,1-6H3,(H,34,39)/t20-,24?,28-/m0/s1. The van der Waals surface area contributed by atoms with Gasteiger partial charge in [0.05, 0.1) is 0 Å². The third kappa shape index (κ3) is 7.13. The summed E-state index contributed by atoms with van der Waals surface area (Å²) in [6, 6.07) is 2.77. The van der Waals surface area contributed by atoms with Crippen molar-refractivity contribution in [2.75, 3.05) is 13.6 Å². The maximum absolute atomic E-state index is 14.2. The lowest BCUT2D eigenvalue weighted by Gasteiger charge is -2.36. The lowest BCUT2D eigenvalue weighted by Crippen LogP contribution is -2.57. The van der Waals surface area contributed by atoms with Crippen LogP contribution in [0, 0.1) is 11.7 Å². The van der Waals surface area contributed by atoms with Crippen molar-refractivity contribution >= 4 is 34.6 Å². The number of aromatic nitrogens is 1. The number of amides is 3. The van der Waals surface area contributed by atoms with Crippen molar-refractivity contribution in [2.24, 2.45) is 5.92 Å². The Balaban J connectivity index is 1.54. The van der Waals surface area contributed by atoms with E-state index in [9.17, 15) is 23.6 Å². The molecular weight excluding hydrogens is 539 g/mol. The number of ether oxygens (including phenoxy) is 1. The fourth-order valence-electron chi connectivity index (χ4n) is 6.21. The monoisotopic (exact) mass is 584 g/mol. The van der Waals surface area contributed by atoms with Gasteiger partial charge in [0.15, 0.2) is 5.78 Å². The minimum Gasteiger partial charge on any atom is -0.444 e. The van der Waals surface area contributed by atoms with Gasteiger partial charge in [0.2, 0.25) is 11.8 Å². The number of fused-ring (bicyclic) bond motifs is 1. The number of nitrogens with zero attached hydrogens (tertiary/aromatic N) is 3. The van der Waals surface area contributed by atoms with Gasteiger partial charge in [0.25, 0.3) is 0 Å². The van der Waals surface area contributed by atoms with E-state index in [1.54, 1.807) is 40.0 Å². The van der Waals surface area contributed by atoms with E-state index in [-0.39, 0.29) is 23.7 Å². The topological polar surface area (TPSA) is 101 Å². The molecule has 1 aromatic heterocycles. The molecule has 10 heteroatoms. The third-order valence-corrected chi connectivity index (χ3v) is 8.62. The maximum Gasteiger partial charge on any atom is 0.410 e. The largest absolute Gasteiger partial charge is 0.444 e. The fraction of sp³-hybridized carbons (Fsp3) is 0.625. The molecule has 9 nitrogen and oxygen atoms in total. The Morgan fingerprint density at radius 2 is 1.79 bits per heavy atom. The first-order valence-corrected chi connectivity index (χ1v) is 15.1. The zero-order valence-corrected chi connectivity index (χ0v) is 25.7. The van der Waals surface area contributed by atoms with Crippen LogP contribution in [-0.4, -0.2) is 75.4 Å². The summed E-state index contributed by atoms with van der Waals surface area (Å²) in [5.41, 5.74) is 0.505. The highest BCUT2D eigenvalue weighted by atomic mass is 19.1. The number of likely N-dealkylation sites (N-methyl/N-ethyl adjacent to an activating group) is 1. The molecule has 1 saturated carbocycles. The van der Waals surface area contributed by atoms with E-state index in [2.05, 4.69) is 5.32 Å². The minimum atomic E-state index is -0.829. The van der Waals surface area contributed by atoms with Crippen LogP contribution in [0.15, 0.2) is 24.4 Å². The van der Waals surface area contributed by atoms with Crippen molar-refractivity contribution in [1.82, 2.24) is 19.7 Å². The van der Waals surface area contributed by atoms with Crippen molar-refractivity contribution in [2.45, 2.75) is 110 Å². The molecule has 2 heterocycles. The summed E-state index contributed by atoms with van der Waals surface area (Å²) in [5.74, 6) is -1.05. The second kappa shape index (κ2) is 12.8. The molecule has 1 N–H and O–H groups in total. The Morgan fingerprint density at radius 1 is 1.10 bits per heavy atom. The zero-order chi connectivity index (χ0) is 30.8. The van der Waals surface area contributed by atoms with Gasteiger partial charge in [-0.15, -0.1) is 0 Å². The molecule has 0 bridgehead atoms. The van der Waals surface area contributed by atoms with Crippen LogP contribution >= 0.6 is 0 Å². The second-order valence-corrected chi connectivity index (χ2v) is 12.9. The predicted octanol–water partition coefficient (Wildman–Crippen LogP) is 5.29. The van der Waals surface area contributed by atoms with E-state index >= 15 is 0 Å². The molecular formula is C32H45FN4O5. The number of carbonyl (C=O) groups excluding carboxylic acids is 4. The quantitative estimate of drug-likeness (QED) is 0.425. The van der Waals surface area contributed by atoms with Crippen LogP contribution < -0.4 is 5.32 Å². The molecule has 2 aromatic rings. The summed E-state index contributed by atoms with van der Waals surface area (Å²) < 4.78 is 21.4. The van der Waals surface area contributed by atoms with Crippen molar-refractivity contribution < 1.29 is 28.3 Å². The number of Topliss-reactive ketones (excluding diaryl/α,β-unsaturated/α-hetero) is 1. The highest BCUT2D eigenvalue weighted by Crippen LogP contribution is 2.31. The van der Waals surface area contributed by atoms with Gasteiger partial charge in [-0.3, -0.25) is 19.3 Å². The summed E-state index contributed by atoms with van der Waals surface area (Å²) in [6.07, 6.45) is 7.56. The van der Waals surface area contributed by atoms with Gasteiger partial charge in [-0.2, -0.15) is 0 Å². The van der Waals surface area contributed by atoms with Crippen LogP contribution in [0.1, 0.15) is 89.9 Å². The second-order valence-electron chi connectivity index (χ2n) is 12.9. The van der Waals surface area contributed by atoms with Crippen LogP contribution in [-0.2, 0) is 20.9 Å². The van der Waals surface area contributed by atoms with Crippen LogP contribution in [0.3, 0.4) is 0 Å². The molecule has 2 aliphatic rings. The number of nitrogens with one attached hydrogen (secondary N) is 1. The Morgan fingerprint density at radius 3 is 2.43 bits per heavy atom.